The molecule has 0 amide bonds. The van der Waals surface area contributed by atoms with E-state index in [1.165, 1.54) is 6.42 Å². The molecule has 0 saturated heterocycles. The molecule has 0 fully saturated rings. The average Bonchev–Trinajstić information content (AvgIpc) is 3.31. The molecule has 0 bridgehead atoms. The molecular weight excluding hydrogens is 817 g/mol. The SMILES string of the molecule is CC/C=C/C=C/C=C/C=C/CCCCCC(=O)OCC(COC(=O)CCCCCCC/C=C/C=C/C=C/C=C/C=C/CCC)OC(=O)CCC/C=C/C/C=C/C/C=C/C/C=C/C/C=C/CC. The van der Waals surface area contributed by atoms with Crippen LogP contribution >= 0.6 is 0 Å². The van der Waals surface area contributed by atoms with Gasteiger partial charge in [0.25, 0.3) is 0 Å². The van der Waals surface area contributed by atoms with Gasteiger partial charge in [0.05, 0.1) is 0 Å². The average molecular weight is 905 g/mol. The van der Waals surface area contributed by atoms with Crippen molar-refractivity contribution in [2.45, 2.75) is 175 Å². The van der Waals surface area contributed by atoms with Crippen molar-refractivity contribution in [2.24, 2.45) is 0 Å². The molecule has 0 rings (SSSR count). The maximum atomic E-state index is 12.8. The second-order valence-electron chi connectivity index (χ2n) is 15.8. The number of hydrogen-bond acceptors (Lipinski definition) is 6. The molecule has 0 spiro atoms. The van der Waals surface area contributed by atoms with E-state index in [2.05, 4.69) is 118 Å². The van der Waals surface area contributed by atoms with Crippen LogP contribution in [0.15, 0.2) is 170 Å². The first-order chi connectivity index (χ1) is 32.5. The normalized spacial score (nSPS) is 13.6. The van der Waals surface area contributed by atoms with Crippen molar-refractivity contribution in [3.63, 3.8) is 0 Å². The maximum Gasteiger partial charge on any atom is 0.306 e. The molecule has 0 N–H and O–H groups in total. The number of allylic oxidation sites excluding steroid dienone is 28. The molecule has 66 heavy (non-hydrogen) atoms. The fraction of sp³-hybridized carbons (Fsp3) is 0.483. The second-order valence-corrected chi connectivity index (χ2v) is 15.8. The van der Waals surface area contributed by atoms with Gasteiger partial charge in [-0.1, -0.05) is 223 Å². The standard InChI is InChI=1S/C60H88O6/c1-4-7-10-13-16-19-22-25-27-29-31-32-35-38-41-44-47-50-53-59(62)65-56-57(55-64-58(61)52-49-46-43-40-37-34-24-21-18-15-12-9-6-3)66-60(63)54-51-48-45-42-39-36-33-30-28-26-23-20-17-14-11-8-5-2/h8-13,15-22,24-29,31-34,36-37,42,45,57H,4-7,14,23,30,35,38-41,43-44,46-56H2,1-3H3/b11-8+,12-9+,13-10+,18-15+,19-16+,20-17+,24-21+,25-22+,28-26+,29-27+,32-31+,36-33+,37-34+,45-42+. The van der Waals surface area contributed by atoms with E-state index in [4.69, 9.17) is 14.2 Å². The molecule has 0 aliphatic heterocycles. The van der Waals surface area contributed by atoms with Gasteiger partial charge < -0.3 is 14.2 Å². The lowest BCUT2D eigenvalue weighted by Gasteiger charge is -2.18. The summed E-state index contributed by atoms with van der Waals surface area (Å²) < 4.78 is 16.7. The van der Waals surface area contributed by atoms with Gasteiger partial charge in [0, 0.05) is 19.3 Å². The van der Waals surface area contributed by atoms with Gasteiger partial charge in [-0.15, -0.1) is 0 Å². The largest absolute Gasteiger partial charge is 0.462 e. The summed E-state index contributed by atoms with van der Waals surface area (Å²) in [7, 11) is 0. The Hall–Kier alpha value is -5.23. The number of carbonyl (C=O) groups excluding carboxylic acids is 3. The first kappa shape index (κ1) is 60.8. The van der Waals surface area contributed by atoms with Crippen molar-refractivity contribution < 1.29 is 28.6 Å². The van der Waals surface area contributed by atoms with E-state index in [-0.39, 0.29) is 38.0 Å². The second kappa shape index (κ2) is 52.4. The highest BCUT2D eigenvalue weighted by Crippen LogP contribution is 2.11. The smallest absolute Gasteiger partial charge is 0.306 e. The quantitative estimate of drug-likeness (QED) is 0.0200. The van der Waals surface area contributed by atoms with Crippen LogP contribution in [0.5, 0.6) is 0 Å². The number of hydrogen-bond donors (Lipinski definition) is 0. The van der Waals surface area contributed by atoms with E-state index in [0.717, 1.165) is 109 Å². The lowest BCUT2D eigenvalue weighted by Crippen LogP contribution is -2.30. The van der Waals surface area contributed by atoms with Crippen molar-refractivity contribution in [3.05, 3.63) is 170 Å². The monoisotopic (exact) mass is 905 g/mol. The summed E-state index contributed by atoms with van der Waals surface area (Å²) in [5.41, 5.74) is 0. The molecule has 0 saturated carbocycles. The van der Waals surface area contributed by atoms with Crippen molar-refractivity contribution in [1.82, 2.24) is 0 Å². The van der Waals surface area contributed by atoms with Crippen LogP contribution in [-0.2, 0) is 28.6 Å². The third kappa shape index (κ3) is 49.8. The highest BCUT2D eigenvalue weighted by molar-refractivity contribution is 5.71. The van der Waals surface area contributed by atoms with Crippen molar-refractivity contribution in [2.75, 3.05) is 13.2 Å². The van der Waals surface area contributed by atoms with Gasteiger partial charge in [-0.2, -0.15) is 0 Å². The van der Waals surface area contributed by atoms with Crippen LogP contribution in [0.3, 0.4) is 0 Å². The maximum absolute atomic E-state index is 12.8. The van der Waals surface area contributed by atoms with Crippen LogP contribution in [-0.4, -0.2) is 37.2 Å². The van der Waals surface area contributed by atoms with E-state index in [0.29, 0.717) is 19.3 Å². The zero-order valence-corrected chi connectivity index (χ0v) is 41.4. The molecule has 0 aromatic rings. The highest BCUT2D eigenvalue weighted by Gasteiger charge is 2.19. The zero-order chi connectivity index (χ0) is 47.9. The fourth-order valence-corrected chi connectivity index (χ4v) is 5.93. The van der Waals surface area contributed by atoms with Crippen LogP contribution in [0.4, 0.5) is 0 Å². The molecule has 6 nitrogen and oxygen atoms in total. The molecule has 0 radical (unpaired) electrons. The third-order valence-electron chi connectivity index (χ3n) is 9.64. The van der Waals surface area contributed by atoms with Gasteiger partial charge in [0.1, 0.15) is 13.2 Å². The summed E-state index contributed by atoms with van der Waals surface area (Å²) in [5, 5.41) is 0. The van der Waals surface area contributed by atoms with E-state index in [1.807, 2.05) is 72.9 Å². The number of rotatable bonds is 42. The van der Waals surface area contributed by atoms with Crippen molar-refractivity contribution in [1.29, 1.82) is 0 Å². The minimum atomic E-state index is -0.844. The third-order valence-corrected chi connectivity index (χ3v) is 9.64. The van der Waals surface area contributed by atoms with Gasteiger partial charge in [-0.3, -0.25) is 14.4 Å². The summed E-state index contributed by atoms with van der Waals surface area (Å²) in [6.45, 7) is 6.15. The number of ether oxygens (including phenoxy) is 3. The molecule has 0 aromatic carbocycles. The van der Waals surface area contributed by atoms with E-state index < -0.39 is 12.1 Å². The van der Waals surface area contributed by atoms with E-state index in [1.54, 1.807) is 0 Å². The van der Waals surface area contributed by atoms with E-state index in [9.17, 15) is 14.4 Å². The molecule has 6 heteroatoms. The molecule has 1 unspecified atom stereocenters. The van der Waals surface area contributed by atoms with Gasteiger partial charge >= 0.3 is 17.9 Å². The summed E-state index contributed by atoms with van der Waals surface area (Å²) in [6.07, 6.45) is 77.6. The highest BCUT2D eigenvalue weighted by atomic mass is 16.6. The minimum absolute atomic E-state index is 0.137. The van der Waals surface area contributed by atoms with Crippen LogP contribution in [0, 0.1) is 0 Å². The lowest BCUT2D eigenvalue weighted by molar-refractivity contribution is -0.167. The van der Waals surface area contributed by atoms with Crippen molar-refractivity contribution >= 4 is 17.9 Å². The number of unbranched alkanes of at least 4 members (excludes halogenated alkanes) is 10. The minimum Gasteiger partial charge on any atom is -0.462 e. The van der Waals surface area contributed by atoms with E-state index >= 15 is 0 Å². The molecule has 1 atom stereocenters. The zero-order valence-electron chi connectivity index (χ0n) is 41.4. The predicted octanol–water partition coefficient (Wildman–Crippen LogP) is 16.8. The molecule has 364 valence electrons. The Morgan fingerprint density at radius 2 is 0.682 bits per heavy atom. The summed E-state index contributed by atoms with van der Waals surface area (Å²) in [6, 6.07) is 0. The van der Waals surface area contributed by atoms with Crippen LogP contribution in [0.25, 0.3) is 0 Å². The topological polar surface area (TPSA) is 78.9 Å². The Morgan fingerprint density at radius 3 is 1.15 bits per heavy atom. The van der Waals surface area contributed by atoms with Gasteiger partial charge in [-0.05, 0) is 96.3 Å². The summed E-state index contributed by atoms with van der Waals surface area (Å²) in [4.78, 5) is 38.0. The molecule has 0 aliphatic rings. The molecule has 0 heterocycles. The van der Waals surface area contributed by atoms with Gasteiger partial charge in [0.15, 0.2) is 6.10 Å². The lowest BCUT2D eigenvalue weighted by atomic mass is 10.1. The first-order valence-corrected chi connectivity index (χ1v) is 25.3. The first-order valence-electron chi connectivity index (χ1n) is 25.3. The Balaban J connectivity index is 4.64. The van der Waals surface area contributed by atoms with Gasteiger partial charge in [-0.25, -0.2) is 0 Å². The van der Waals surface area contributed by atoms with Crippen LogP contribution < -0.4 is 0 Å². The van der Waals surface area contributed by atoms with Crippen molar-refractivity contribution in [3.8, 4) is 0 Å². The van der Waals surface area contributed by atoms with Crippen LogP contribution in [0.2, 0.25) is 0 Å². The predicted molar refractivity (Wildman–Crippen MR) is 283 cm³/mol. The van der Waals surface area contributed by atoms with Gasteiger partial charge in [0.2, 0.25) is 0 Å². The summed E-state index contributed by atoms with van der Waals surface area (Å²) >= 11 is 0. The Morgan fingerprint density at radius 1 is 0.333 bits per heavy atom. The molecule has 0 aliphatic carbocycles. The van der Waals surface area contributed by atoms with Crippen LogP contribution in [0.1, 0.15) is 168 Å². The molecular formula is C60H88O6. The molecule has 0 aromatic heterocycles. The Kier molecular flexibility index (Phi) is 48.2. The Bertz CT molecular complexity index is 1600. The number of esters is 3. The summed E-state index contributed by atoms with van der Waals surface area (Å²) in [5.74, 6) is -1.08. The number of carbonyl (C=O) groups is 3. The fourth-order valence-electron chi connectivity index (χ4n) is 5.93. The Labute approximate surface area is 402 Å².